The number of thiophene rings is 1. The van der Waals surface area contributed by atoms with Gasteiger partial charge < -0.3 is 9.73 Å². The summed E-state index contributed by atoms with van der Waals surface area (Å²) in [5.41, 5.74) is 0.694. The maximum absolute atomic E-state index is 5.99. The Kier molecular flexibility index (Phi) is 3.81. The Morgan fingerprint density at radius 2 is 2.25 bits per heavy atom. The Morgan fingerprint density at radius 3 is 2.88 bits per heavy atom. The van der Waals surface area contributed by atoms with Crippen LogP contribution in [0.3, 0.4) is 0 Å². The van der Waals surface area contributed by atoms with Crippen LogP contribution in [0.4, 0.5) is 0 Å². The number of likely N-dealkylation sites (N-methyl/N-ethyl adjacent to an activating group) is 1. The van der Waals surface area contributed by atoms with E-state index in [1.165, 1.54) is 11.3 Å². The van der Waals surface area contributed by atoms with Gasteiger partial charge in [0.15, 0.2) is 0 Å². The van der Waals surface area contributed by atoms with Crippen molar-refractivity contribution in [3.8, 4) is 11.5 Å². The molecule has 2 rings (SSSR count). The number of hydrogen-bond donors (Lipinski definition) is 1. The van der Waals surface area contributed by atoms with Gasteiger partial charge in [-0.15, -0.1) is 21.5 Å². The Labute approximate surface area is 107 Å². The molecular weight excluding hydrogens is 269 g/mol. The van der Waals surface area contributed by atoms with Crippen molar-refractivity contribution in [2.45, 2.75) is 6.42 Å². The molecule has 16 heavy (non-hydrogen) atoms. The van der Waals surface area contributed by atoms with Crippen molar-refractivity contribution >= 4 is 34.5 Å². The lowest BCUT2D eigenvalue weighted by molar-refractivity contribution is 0.500. The summed E-state index contributed by atoms with van der Waals surface area (Å²) < 4.78 is 6.64. The van der Waals surface area contributed by atoms with E-state index in [2.05, 4.69) is 15.5 Å². The molecule has 0 aromatic carbocycles. The fourth-order valence-corrected chi connectivity index (χ4v) is 2.63. The first-order valence-electron chi connectivity index (χ1n) is 4.63. The zero-order valence-electron chi connectivity index (χ0n) is 8.46. The quantitative estimate of drug-likeness (QED) is 0.934. The lowest BCUT2D eigenvalue weighted by atomic mass is 10.3. The average Bonchev–Trinajstić information content (AvgIpc) is 2.82. The van der Waals surface area contributed by atoms with Crippen LogP contribution >= 0.6 is 34.5 Å². The molecule has 1 N–H and O–H groups in total. The van der Waals surface area contributed by atoms with Crippen LogP contribution in [-0.4, -0.2) is 23.8 Å². The van der Waals surface area contributed by atoms with Crippen molar-refractivity contribution in [1.29, 1.82) is 0 Å². The largest absolute Gasteiger partial charge is 0.421 e. The summed E-state index contributed by atoms with van der Waals surface area (Å²) >= 11 is 13.1. The van der Waals surface area contributed by atoms with E-state index in [-0.39, 0.29) is 0 Å². The van der Waals surface area contributed by atoms with Gasteiger partial charge in [-0.3, -0.25) is 0 Å². The second-order valence-electron chi connectivity index (χ2n) is 3.09. The molecule has 0 atom stereocenters. The number of nitrogens with one attached hydrogen (secondary N) is 1. The van der Waals surface area contributed by atoms with Gasteiger partial charge in [-0.05, 0) is 13.1 Å². The Hall–Kier alpha value is -0.620. The molecule has 0 unspecified atom stereocenters. The van der Waals surface area contributed by atoms with Crippen molar-refractivity contribution in [3.63, 3.8) is 0 Å². The van der Waals surface area contributed by atoms with E-state index in [1.54, 1.807) is 6.07 Å². The van der Waals surface area contributed by atoms with Crippen LogP contribution in [0.5, 0.6) is 0 Å². The van der Waals surface area contributed by atoms with E-state index in [9.17, 15) is 0 Å². The minimum Gasteiger partial charge on any atom is -0.421 e. The Balaban J connectivity index is 2.21. The highest BCUT2D eigenvalue weighted by Gasteiger charge is 2.14. The van der Waals surface area contributed by atoms with Gasteiger partial charge in [-0.1, -0.05) is 23.2 Å². The highest BCUT2D eigenvalue weighted by molar-refractivity contribution is 7.20. The van der Waals surface area contributed by atoms with E-state index >= 15 is 0 Å². The van der Waals surface area contributed by atoms with Crippen molar-refractivity contribution in [1.82, 2.24) is 15.5 Å². The molecule has 86 valence electrons. The minimum atomic E-state index is 0.416. The fraction of sp³-hybridized carbons (Fsp3) is 0.333. The van der Waals surface area contributed by atoms with Crippen LogP contribution in [-0.2, 0) is 6.42 Å². The molecule has 0 radical (unpaired) electrons. The predicted molar refractivity (Wildman–Crippen MR) is 65.3 cm³/mol. The molecule has 4 nitrogen and oxygen atoms in total. The highest BCUT2D eigenvalue weighted by Crippen LogP contribution is 2.37. The third-order valence-electron chi connectivity index (χ3n) is 1.94. The molecule has 0 aliphatic rings. The van der Waals surface area contributed by atoms with Gasteiger partial charge in [0, 0.05) is 13.0 Å². The summed E-state index contributed by atoms with van der Waals surface area (Å²) in [5.74, 6) is 1.00. The molecule has 2 aromatic rings. The summed E-state index contributed by atoms with van der Waals surface area (Å²) in [5, 5.41) is 10.9. The van der Waals surface area contributed by atoms with Crippen LogP contribution in [0, 0.1) is 0 Å². The molecule has 7 heteroatoms. The number of hydrogen-bond acceptors (Lipinski definition) is 5. The number of rotatable bonds is 4. The molecular formula is C9H9Cl2N3OS. The second-order valence-corrected chi connectivity index (χ2v) is 5.38. The van der Waals surface area contributed by atoms with Crippen LogP contribution in [0.15, 0.2) is 10.5 Å². The van der Waals surface area contributed by atoms with E-state index in [4.69, 9.17) is 27.6 Å². The molecule has 0 spiro atoms. The summed E-state index contributed by atoms with van der Waals surface area (Å²) in [6.07, 6.45) is 0.693. The first kappa shape index (κ1) is 11.9. The van der Waals surface area contributed by atoms with Crippen molar-refractivity contribution in [3.05, 3.63) is 20.6 Å². The molecule has 0 fully saturated rings. The van der Waals surface area contributed by atoms with E-state index in [0.29, 0.717) is 32.4 Å². The molecule has 0 aliphatic heterocycles. The Morgan fingerprint density at radius 1 is 1.44 bits per heavy atom. The SMILES string of the molecule is CNCCc1nnc(-c2cc(Cl)sc2Cl)o1. The summed E-state index contributed by atoms with van der Waals surface area (Å²) in [4.78, 5) is 0. The van der Waals surface area contributed by atoms with E-state index in [0.717, 1.165) is 6.54 Å². The lowest BCUT2D eigenvalue weighted by Gasteiger charge is -1.92. The van der Waals surface area contributed by atoms with Gasteiger partial charge in [-0.2, -0.15) is 0 Å². The van der Waals surface area contributed by atoms with Gasteiger partial charge in [0.05, 0.1) is 9.90 Å². The smallest absolute Gasteiger partial charge is 0.250 e. The Bertz CT molecular complexity index is 483. The van der Waals surface area contributed by atoms with Gasteiger partial charge >= 0.3 is 0 Å². The van der Waals surface area contributed by atoms with Crippen molar-refractivity contribution < 1.29 is 4.42 Å². The third-order valence-corrected chi connectivity index (χ3v) is 3.43. The second kappa shape index (κ2) is 5.14. The van der Waals surface area contributed by atoms with Gasteiger partial charge in [-0.25, -0.2) is 0 Å². The topological polar surface area (TPSA) is 51.0 Å². The minimum absolute atomic E-state index is 0.416. The maximum Gasteiger partial charge on any atom is 0.250 e. The van der Waals surface area contributed by atoms with Gasteiger partial charge in [0.2, 0.25) is 11.8 Å². The molecule has 0 aliphatic carbocycles. The summed E-state index contributed by atoms with van der Waals surface area (Å²) in [6.45, 7) is 0.791. The zero-order valence-corrected chi connectivity index (χ0v) is 10.8. The molecule has 0 saturated carbocycles. The van der Waals surface area contributed by atoms with Gasteiger partial charge in [0.1, 0.15) is 4.34 Å². The summed E-state index contributed by atoms with van der Waals surface area (Å²) in [7, 11) is 1.87. The normalized spacial score (nSPS) is 10.9. The molecule has 2 heterocycles. The van der Waals surface area contributed by atoms with Crippen LogP contribution in [0.25, 0.3) is 11.5 Å². The fourth-order valence-electron chi connectivity index (χ4n) is 1.18. The van der Waals surface area contributed by atoms with Crippen molar-refractivity contribution in [2.75, 3.05) is 13.6 Å². The molecule has 0 bridgehead atoms. The lowest BCUT2D eigenvalue weighted by Crippen LogP contribution is -2.10. The van der Waals surface area contributed by atoms with E-state index in [1.807, 2.05) is 7.05 Å². The molecule has 2 aromatic heterocycles. The predicted octanol–water partition coefficient (Wildman–Crippen LogP) is 2.87. The van der Waals surface area contributed by atoms with E-state index < -0.39 is 0 Å². The molecule has 0 saturated heterocycles. The summed E-state index contributed by atoms with van der Waals surface area (Å²) in [6, 6.07) is 1.73. The first-order chi connectivity index (χ1) is 7.70. The van der Waals surface area contributed by atoms with Crippen molar-refractivity contribution in [2.24, 2.45) is 0 Å². The van der Waals surface area contributed by atoms with Gasteiger partial charge in [0.25, 0.3) is 0 Å². The highest BCUT2D eigenvalue weighted by atomic mass is 35.5. The standard InChI is InChI=1S/C9H9Cl2N3OS/c1-12-3-2-7-13-14-9(15-7)5-4-6(10)16-8(5)11/h4,12H,2-3H2,1H3. The van der Waals surface area contributed by atoms with Crippen LogP contribution in [0.1, 0.15) is 5.89 Å². The average molecular weight is 278 g/mol. The molecule has 0 amide bonds. The number of nitrogens with zero attached hydrogens (tertiary/aromatic N) is 2. The number of halogens is 2. The third kappa shape index (κ3) is 2.55. The number of aromatic nitrogens is 2. The first-order valence-corrected chi connectivity index (χ1v) is 6.20. The van der Waals surface area contributed by atoms with Crippen LogP contribution in [0.2, 0.25) is 8.67 Å². The zero-order chi connectivity index (χ0) is 11.5. The maximum atomic E-state index is 5.99. The van der Waals surface area contributed by atoms with Crippen LogP contribution < -0.4 is 5.32 Å². The monoisotopic (exact) mass is 277 g/mol.